The molecule has 0 aliphatic carbocycles. The second-order valence-corrected chi connectivity index (χ2v) is 5.17. The Morgan fingerprint density at radius 1 is 1.40 bits per heavy atom. The largest absolute Gasteiger partial charge is 0.383 e. The number of carbonyl (C=O) groups excluding carboxylic acids is 1. The van der Waals surface area contributed by atoms with Crippen LogP contribution in [0.3, 0.4) is 0 Å². The quantitative estimate of drug-likeness (QED) is 0.823. The number of rotatable bonds is 6. The first-order valence-electron chi connectivity index (χ1n) is 7.00. The van der Waals surface area contributed by atoms with E-state index in [1.54, 1.807) is 7.05 Å². The Balaban J connectivity index is 3.20. The number of anilines is 2. The fourth-order valence-electron chi connectivity index (χ4n) is 1.89. The fourth-order valence-corrected chi connectivity index (χ4v) is 1.89. The summed E-state index contributed by atoms with van der Waals surface area (Å²) in [5, 5.41) is 2.64. The van der Waals surface area contributed by atoms with Crippen LogP contribution in [0, 0.1) is 6.92 Å². The van der Waals surface area contributed by atoms with Crippen LogP contribution >= 0.6 is 0 Å². The lowest BCUT2D eigenvalue weighted by molar-refractivity contribution is -0.119. The summed E-state index contributed by atoms with van der Waals surface area (Å²) < 4.78 is 0. The van der Waals surface area contributed by atoms with Gasteiger partial charge < -0.3 is 16.0 Å². The highest BCUT2D eigenvalue weighted by Crippen LogP contribution is 2.24. The summed E-state index contributed by atoms with van der Waals surface area (Å²) in [5.41, 5.74) is 6.80. The average Bonchev–Trinajstić information content (AvgIpc) is 2.40. The zero-order valence-electron chi connectivity index (χ0n) is 13.0. The van der Waals surface area contributed by atoms with Gasteiger partial charge in [-0.25, -0.2) is 9.97 Å². The smallest absolute Gasteiger partial charge is 0.239 e. The summed E-state index contributed by atoms with van der Waals surface area (Å²) in [5.74, 6) is 2.10. The molecule has 0 radical (unpaired) electrons. The standard InChI is InChI=1S/C14H25N5O/c1-6-7-19(8-11(20)16-5)14-10(4)12(15)17-13(18-14)9(2)3/h9H,6-8H2,1-5H3,(H,16,20)(H2,15,17,18). The molecule has 0 saturated carbocycles. The van der Waals surface area contributed by atoms with Crippen molar-refractivity contribution in [2.75, 3.05) is 30.8 Å². The number of amides is 1. The first-order valence-corrected chi connectivity index (χ1v) is 7.00. The second kappa shape index (κ2) is 7.07. The molecule has 0 saturated heterocycles. The molecule has 0 spiro atoms. The Bertz CT molecular complexity index is 473. The molecule has 1 heterocycles. The van der Waals surface area contributed by atoms with Gasteiger partial charge in [0.25, 0.3) is 0 Å². The van der Waals surface area contributed by atoms with Gasteiger partial charge in [-0.3, -0.25) is 4.79 Å². The topological polar surface area (TPSA) is 84.1 Å². The van der Waals surface area contributed by atoms with Crippen molar-refractivity contribution in [2.24, 2.45) is 0 Å². The Hall–Kier alpha value is -1.85. The maximum absolute atomic E-state index is 11.7. The molecule has 1 aromatic heterocycles. The van der Waals surface area contributed by atoms with Gasteiger partial charge in [0.15, 0.2) is 0 Å². The van der Waals surface area contributed by atoms with Crippen LogP contribution in [0.2, 0.25) is 0 Å². The SMILES string of the molecule is CCCN(CC(=O)NC)c1nc(C(C)C)nc(N)c1C. The van der Waals surface area contributed by atoms with Crippen molar-refractivity contribution < 1.29 is 4.79 Å². The lowest BCUT2D eigenvalue weighted by Crippen LogP contribution is -2.37. The molecule has 0 aliphatic rings. The molecule has 0 unspecified atom stereocenters. The molecule has 0 bridgehead atoms. The number of nitrogens with zero attached hydrogens (tertiary/aromatic N) is 3. The Morgan fingerprint density at radius 2 is 2.05 bits per heavy atom. The summed E-state index contributed by atoms with van der Waals surface area (Å²) in [7, 11) is 1.63. The zero-order chi connectivity index (χ0) is 15.3. The van der Waals surface area contributed by atoms with Crippen molar-refractivity contribution in [1.82, 2.24) is 15.3 Å². The lowest BCUT2D eigenvalue weighted by atomic mass is 10.2. The number of carbonyl (C=O) groups is 1. The van der Waals surface area contributed by atoms with Gasteiger partial charge in [-0.1, -0.05) is 20.8 Å². The van der Waals surface area contributed by atoms with Crippen molar-refractivity contribution in [3.8, 4) is 0 Å². The van der Waals surface area contributed by atoms with Crippen LogP contribution in [0.4, 0.5) is 11.6 Å². The maximum atomic E-state index is 11.7. The number of nitrogen functional groups attached to an aromatic ring is 1. The fraction of sp³-hybridized carbons (Fsp3) is 0.643. The van der Waals surface area contributed by atoms with Gasteiger partial charge >= 0.3 is 0 Å². The predicted octanol–water partition coefficient (Wildman–Crippen LogP) is 1.45. The van der Waals surface area contributed by atoms with Crippen molar-refractivity contribution >= 4 is 17.5 Å². The second-order valence-electron chi connectivity index (χ2n) is 5.17. The average molecular weight is 279 g/mol. The van der Waals surface area contributed by atoms with E-state index in [1.165, 1.54) is 0 Å². The van der Waals surface area contributed by atoms with Crippen molar-refractivity contribution in [3.63, 3.8) is 0 Å². The zero-order valence-corrected chi connectivity index (χ0v) is 13.0. The number of nitrogens with two attached hydrogens (primary N) is 1. The number of hydrogen-bond donors (Lipinski definition) is 2. The lowest BCUT2D eigenvalue weighted by Gasteiger charge is -2.25. The first kappa shape index (κ1) is 16.2. The van der Waals surface area contributed by atoms with E-state index < -0.39 is 0 Å². The molecule has 20 heavy (non-hydrogen) atoms. The van der Waals surface area contributed by atoms with E-state index in [4.69, 9.17) is 5.73 Å². The van der Waals surface area contributed by atoms with Crippen LogP contribution in [0.25, 0.3) is 0 Å². The molecule has 112 valence electrons. The highest BCUT2D eigenvalue weighted by atomic mass is 16.1. The van der Waals surface area contributed by atoms with Crippen LogP contribution < -0.4 is 16.0 Å². The molecule has 1 amide bonds. The van der Waals surface area contributed by atoms with Crippen molar-refractivity contribution in [1.29, 1.82) is 0 Å². The van der Waals surface area contributed by atoms with Crippen molar-refractivity contribution in [3.05, 3.63) is 11.4 Å². The van der Waals surface area contributed by atoms with Gasteiger partial charge in [0.2, 0.25) is 5.91 Å². The maximum Gasteiger partial charge on any atom is 0.239 e. The monoisotopic (exact) mass is 279 g/mol. The van der Waals surface area contributed by atoms with E-state index in [0.717, 1.165) is 24.3 Å². The summed E-state index contributed by atoms with van der Waals surface area (Å²) in [4.78, 5) is 22.5. The minimum Gasteiger partial charge on any atom is -0.383 e. The van der Waals surface area contributed by atoms with Gasteiger partial charge in [-0.2, -0.15) is 0 Å². The van der Waals surface area contributed by atoms with Crippen LogP contribution in [-0.2, 0) is 4.79 Å². The van der Waals surface area contributed by atoms with E-state index in [-0.39, 0.29) is 18.4 Å². The number of likely N-dealkylation sites (N-methyl/N-ethyl adjacent to an activating group) is 1. The van der Waals surface area contributed by atoms with Gasteiger partial charge in [0.05, 0.1) is 6.54 Å². The minimum absolute atomic E-state index is 0.0406. The van der Waals surface area contributed by atoms with Gasteiger partial charge in [-0.05, 0) is 13.3 Å². The molecule has 6 heteroatoms. The molecule has 0 aromatic carbocycles. The predicted molar refractivity (Wildman–Crippen MR) is 81.8 cm³/mol. The molecule has 6 nitrogen and oxygen atoms in total. The molecule has 3 N–H and O–H groups in total. The van der Waals surface area contributed by atoms with Gasteiger partial charge in [-0.15, -0.1) is 0 Å². The summed E-state index contributed by atoms with van der Waals surface area (Å²) in [6.45, 7) is 9.04. The van der Waals surface area contributed by atoms with Crippen LogP contribution in [0.15, 0.2) is 0 Å². The third kappa shape index (κ3) is 3.82. The normalized spacial score (nSPS) is 10.7. The number of nitrogens with one attached hydrogen (secondary N) is 1. The highest BCUT2D eigenvalue weighted by molar-refractivity contribution is 5.81. The van der Waals surface area contributed by atoms with E-state index in [0.29, 0.717) is 11.6 Å². The first-order chi connectivity index (χ1) is 9.40. The Kier molecular flexibility index (Phi) is 5.73. The molecular formula is C14H25N5O. The Labute approximate surface area is 120 Å². The van der Waals surface area contributed by atoms with Gasteiger partial charge in [0.1, 0.15) is 17.5 Å². The van der Waals surface area contributed by atoms with Crippen LogP contribution in [-0.4, -0.2) is 36.0 Å². The Morgan fingerprint density at radius 3 is 2.55 bits per heavy atom. The number of aromatic nitrogens is 2. The minimum atomic E-state index is -0.0406. The van der Waals surface area contributed by atoms with E-state index in [2.05, 4.69) is 22.2 Å². The molecule has 0 fully saturated rings. The van der Waals surface area contributed by atoms with Crippen molar-refractivity contribution in [2.45, 2.75) is 40.0 Å². The molecule has 0 aliphatic heterocycles. The third-order valence-electron chi connectivity index (χ3n) is 3.10. The molecule has 1 rings (SSSR count). The van der Waals surface area contributed by atoms with E-state index in [9.17, 15) is 4.79 Å². The van der Waals surface area contributed by atoms with Crippen LogP contribution in [0.1, 0.15) is 44.5 Å². The summed E-state index contributed by atoms with van der Waals surface area (Å²) >= 11 is 0. The molecule has 1 aromatic rings. The van der Waals surface area contributed by atoms with E-state index in [1.807, 2.05) is 25.7 Å². The van der Waals surface area contributed by atoms with E-state index >= 15 is 0 Å². The van der Waals surface area contributed by atoms with Crippen LogP contribution in [0.5, 0.6) is 0 Å². The summed E-state index contributed by atoms with van der Waals surface area (Å²) in [6, 6.07) is 0. The number of hydrogen-bond acceptors (Lipinski definition) is 5. The van der Waals surface area contributed by atoms with Gasteiger partial charge in [0, 0.05) is 25.1 Å². The third-order valence-corrected chi connectivity index (χ3v) is 3.10. The summed E-state index contributed by atoms with van der Waals surface area (Å²) in [6.07, 6.45) is 0.928. The molecular weight excluding hydrogens is 254 g/mol. The molecule has 0 atom stereocenters. The highest BCUT2D eigenvalue weighted by Gasteiger charge is 2.18.